The minimum absolute atomic E-state index is 0.556. The Hall–Kier alpha value is -0.340. The topological polar surface area (TPSA) is 40.5 Å². The highest BCUT2D eigenvalue weighted by molar-refractivity contribution is 4.70. The summed E-state index contributed by atoms with van der Waals surface area (Å²) in [7, 11) is 0. The van der Waals surface area contributed by atoms with Gasteiger partial charge in [0.05, 0.1) is 12.2 Å². The summed E-state index contributed by atoms with van der Waals surface area (Å²) in [5, 5.41) is 18.4. The second kappa shape index (κ2) is 6.38. The number of allylic oxidation sites excluding steroid dienone is 1. The summed E-state index contributed by atoms with van der Waals surface area (Å²) in [6.07, 6.45) is 3.82. The molecule has 0 saturated carbocycles. The predicted octanol–water partition coefficient (Wildman–Crippen LogP) is 1.47. The number of aliphatic hydroxyl groups is 2. The molecule has 66 valence electrons. The van der Waals surface area contributed by atoms with Gasteiger partial charge in [0.25, 0.3) is 0 Å². The molecule has 2 N–H and O–H groups in total. The first kappa shape index (κ1) is 10.7. The van der Waals surface area contributed by atoms with E-state index in [2.05, 4.69) is 6.58 Å². The number of unbranched alkanes of at least 4 members (excludes halogenated alkanes) is 1. The molecule has 2 atom stereocenters. The summed E-state index contributed by atoms with van der Waals surface area (Å²) in [6, 6.07) is 0. The van der Waals surface area contributed by atoms with Crippen LogP contribution in [0.5, 0.6) is 0 Å². The lowest BCUT2D eigenvalue weighted by molar-refractivity contribution is 0.0119. The van der Waals surface area contributed by atoms with Crippen molar-refractivity contribution < 1.29 is 10.2 Å². The molecule has 0 aromatic rings. The molecule has 2 nitrogen and oxygen atoms in total. The van der Waals surface area contributed by atoms with Gasteiger partial charge < -0.3 is 10.2 Å². The van der Waals surface area contributed by atoms with Gasteiger partial charge in [-0.2, -0.15) is 0 Å². The Kier molecular flexibility index (Phi) is 6.18. The van der Waals surface area contributed by atoms with Crippen molar-refractivity contribution in [2.24, 2.45) is 0 Å². The third-order valence-corrected chi connectivity index (χ3v) is 1.77. The van der Waals surface area contributed by atoms with Crippen molar-refractivity contribution in [2.75, 3.05) is 0 Å². The smallest absolute Gasteiger partial charge is 0.0799 e. The maximum Gasteiger partial charge on any atom is 0.0799 e. The van der Waals surface area contributed by atoms with Crippen LogP contribution in [-0.4, -0.2) is 22.4 Å². The Morgan fingerprint density at radius 3 is 2.45 bits per heavy atom. The van der Waals surface area contributed by atoms with E-state index in [1.165, 1.54) is 0 Å². The van der Waals surface area contributed by atoms with Gasteiger partial charge >= 0.3 is 0 Å². The quantitative estimate of drug-likeness (QED) is 0.454. The molecule has 2 unspecified atom stereocenters. The van der Waals surface area contributed by atoms with Crippen LogP contribution in [0.25, 0.3) is 0 Å². The van der Waals surface area contributed by atoms with E-state index >= 15 is 0 Å². The average molecular weight is 158 g/mol. The van der Waals surface area contributed by atoms with Crippen molar-refractivity contribution in [1.29, 1.82) is 0 Å². The van der Waals surface area contributed by atoms with Crippen molar-refractivity contribution in [3.05, 3.63) is 12.7 Å². The van der Waals surface area contributed by atoms with E-state index in [0.29, 0.717) is 12.8 Å². The number of hydrogen-bond acceptors (Lipinski definition) is 2. The zero-order chi connectivity index (χ0) is 8.69. The molecule has 0 aromatic carbocycles. The summed E-state index contributed by atoms with van der Waals surface area (Å²) in [6.45, 7) is 5.44. The number of aliphatic hydroxyl groups excluding tert-OH is 2. The first-order valence-electron chi connectivity index (χ1n) is 4.19. The van der Waals surface area contributed by atoms with Crippen molar-refractivity contribution >= 4 is 0 Å². The van der Waals surface area contributed by atoms with Crippen LogP contribution >= 0.6 is 0 Å². The summed E-state index contributed by atoms with van der Waals surface area (Å²) in [5.74, 6) is 0. The molecule has 0 heterocycles. The van der Waals surface area contributed by atoms with E-state index in [1.54, 1.807) is 0 Å². The van der Waals surface area contributed by atoms with Crippen LogP contribution in [0.3, 0.4) is 0 Å². The predicted molar refractivity (Wildman–Crippen MR) is 46.4 cm³/mol. The lowest BCUT2D eigenvalue weighted by Crippen LogP contribution is -2.24. The van der Waals surface area contributed by atoms with E-state index in [1.807, 2.05) is 13.0 Å². The van der Waals surface area contributed by atoms with Crippen molar-refractivity contribution in [1.82, 2.24) is 0 Å². The Bertz CT molecular complexity index is 102. The van der Waals surface area contributed by atoms with Gasteiger partial charge in [-0.3, -0.25) is 0 Å². The van der Waals surface area contributed by atoms with Crippen LogP contribution in [0.1, 0.15) is 32.6 Å². The molecule has 0 aliphatic carbocycles. The van der Waals surface area contributed by atoms with Gasteiger partial charge in [0.2, 0.25) is 0 Å². The second-order valence-electron chi connectivity index (χ2n) is 2.76. The standard InChI is InChI=1S/C9H18O2/c1-3-5-6-7-9(11)8(10)4-2/h3,8-11H,1,4-7H2,2H3. The van der Waals surface area contributed by atoms with E-state index < -0.39 is 12.2 Å². The highest BCUT2D eigenvalue weighted by Crippen LogP contribution is 2.07. The largest absolute Gasteiger partial charge is 0.390 e. The molecule has 11 heavy (non-hydrogen) atoms. The normalized spacial score (nSPS) is 15.9. The molecule has 0 rings (SSSR count). The van der Waals surface area contributed by atoms with Crippen LogP contribution in [-0.2, 0) is 0 Å². The molecule has 0 aliphatic rings. The summed E-state index contributed by atoms with van der Waals surface area (Å²) in [5.41, 5.74) is 0. The fraction of sp³-hybridized carbons (Fsp3) is 0.778. The molecule has 0 aliphatic heterocycles. The third kappa shape index (κ3) is 4.99. The van der Waals surface area contributed by atoms with Gasteiger partial charge in [-0.25, -0.2) is 0 Å². The molecule has 0 saturated heterocycles. The van der Waals surface area contributed by atoms with Gasteiger partial charge in [-0.05, 0) is 25.7 Å². The van der Waals surface area contributed by atoms with E-state index in [9.17, 15) is 5.11 Å². The van der Waals surface area contributed by atoms with Gasteiger partial charge in [-0.1, -0.05) is 13.0 Å². The van der Waals surface area contributed by atoms with Gasteiger partial charge in [-0.15, -0.1) is 6.58 Å². The molecule has 0 fully saturated rings. The van der Waals surface area contributed by atoms with Gasteiger partial charge in [0.1, 0.15) is 0 Å². The van der Waals surface area contributed by atoms with Crippen molar-refractivity contribution in [2.45, 2.75) is 44.8 Å². The molecule has 0 amide bonds. The molecule has 0 radical (unpaired) electrons. The zero-order valence-electron chi connectivity index (χ0n) is 7.16. The maximum absolute atomic E-state index is 9.26. The van der Waals surface area contributed by atoms with E-state index in [-0.39, 0.29) is 0 Å². The van der Waals surface area contributed by atoms with Crippen molar-refractivity contribution in [3.63, 3.8) is 0 Å². The fourth-order valence-electron chi connectivity index (χ4n) is 0.936. The Morgan fingerprint density at radius 2 is 2.00 bits per heavy atom. The Labute approximate surface area is 68.6 Å². The van der Waals surface area contributed by atoms with Crippen LogP contribution in [0, 0.1) is 0 Å². The van der Waals surface area contributed by atoms with Crippen LogP contribution in [0.15, 0.2) is 12.7 Å². The lowest BCUT2D eigenvalue weighted by Gasteiger charge is -2.14. The van der Waals surface area contributed by atoms with E-state index in [0.717, 1.165) is 12.8 Å². The first-order valence-corrected chi connectivity index (χ1v) is 4.19. The minimum Gasteiger partial charge on any atom is -0.390 e. The van der Waals surface area contributed by atoms with Crippen molar-refractivity contribution in [3.8, 4) is 0 Å². The third-order valence-electron chi connectivity index (χ3n) is 1.77. The minimum atomic E-state index is -0.556. The maximum atomic E-state index is 9.26. The highest BCUT2D eigenvalue weighted by atomic mass is 16.3. The van der Waals surface area contributed by atoms with Crippen LogP contribution < -0.4 is 0 Å². The number of hydrogen-bond donors (Lipinski definition) is 2. The highest BCUT2D eigenvalue weighted by Gasteiger charge is 2.12. The molecule has 0 bridgehead atoms. The Morgan fingerprint density at radius 1 is 1.36 bits per heavy atom. The monoisotopic (exact) mass is 158 g/mol. The summed E-state index contributed by atoms with van der Waals surface area (Å²) >= 11 is 0. The number of rotatable bonds is 6. The molecule has 2 heteroatoms. The van der Waals surface area contributed by atoms with Crippen LogP contribution in [0.4, 0.5) is 0 Å². The van der Waals surface area contributed by atoms with Gasteiger partial charge in [0.15, 0.2) is 0 Å². The van der Waals surface area contributed by atoms with Gasteiger partial charge in [0, 0.05) is 0 Å². The lowest BCUT2D eigenvalue weighted by atomic mass is 10.1. The first-order chi connectivity index (χ1) is 5.22. The molecule has 0 spiro atoms. The van der Waals surface area contributed by atoms with E-state index in [4.69, 9.17) is 5.11 Å². The fourth-order valence-corrected chi connectivity index (χ4v) is 0.936. The summed E-state index contributed by atoms with van der Waals surface area (Å²) < 4.78 is 0. The van der Waals surface area contributed by atoms with Crippen LogP contribution in [0.2, 0.25) is 0 Å². The molecule has 0 aromatic heterocycles. The zero-order valence-corrected chi connectivity index (χ0v) is 7.16. The molecular formula is C9H18O2. The average Bonchev–Trinajstić information content (AvgIpc) is 2.03. The molecular weight excluding hydrogens is 140 g/mol. The second-order valence-corrected chi connectivity index (χ2v) is 2.76. The Balaban J connectivity index is 3.34. The summed E-state index contributed by atoms with van der Waals surface area (Å²) in [4.78, 5) is 0. The SMILES string of the molecule is C=CCCCC(O)C(O)CC.